The van der Waals surface area contributed by atoms with Gasteiger partial charge in [0.15, 0.2) is 5.52 Å². The van der Waals surface area contributed by atoms with Gasteiger partial charge in [-0.15, -0.1) is 0 Å². The molecular formula is C16H11N5O. The molecule has 2 aromatic heterocycles. The maximum atomic E-state index is 9.32. The Morgan fingerprint density at radius 2 is 1.50 bits per heavy atom. The molecule has 0 saturated heterocycles. The lowest BCUT2D eigenvalue weighted by molar-refractivity contribution is 0.299. The van der Waals surface area contributed by atoms with Gasteiger partial charge < -0.3 is 5.21 Å². The summed E-state index contributed by atoms with van der Waals surface area (Å²) in [5.41, 5.74) is 2.85. The van der Waals surface area contributed by atoms with Crippen molar-refractivity contribution in [2.45, 2.75) is 0 Å². The van der Waals surface area contributed by atoms with Crippen LogP contribution in [0.25, 0.3) is 33.1 Å². The highest BCUT2D eigenvalue weighted by Crippen LogP contribution is 2.27. The molecule has 106 valence electrons. The molecule has 2 N–H and O–H groups in total. The Kier molecular flexibility index (Phi) is 2.79. The third kappa shape index (κ3) is 1.81. The van der Waals surface area contributed by atoms with Gasteiger partial charge in [0.1, 0.15) is 5.52 Å². The van der Waals surface area contributed by atoms with E-state index >= 15 is 0 Å². The van der Waals surface area contributed by atoms with Crippen LogP contribution in [0.1, 0.15) is 0 Å². The summed E-state index contributed by atoms with van der Waals surface area (Å²) in [4.78, 5) is 4.51. The SMILES string of the molecule is ON=c1nc(-c2ccccc2)c2ccccc2c2n[nH]nc12. The van der Waals surface area contributed by atoms with E-state index in [9.17, 15) is 5.21 Å². The largest absolute Gasteiger partial charge is 0.409 e. The Morgan fingerprint density at radius 1 is 0.818 bits per heavy atom. The molecule has 0 spiro atoms. The number of aromatic nitrogens is 4. The quantitative estimate of drug-likeness (QED) is 0.416. The summed E-state index contributed by atoms with van der Waals surface area (Å²) in [7, 11) is 0. The van der Waals surface area contributed by atoms with E-state index in [4.69, 9.17) is 0 Å². The van der Waals surface area contributed by atoms with Crippen LogP contribution < -0.4 is 5.49 Å². The fourth-order valence-corrected chi connectivity index (χ4v) is 2.58. The first-order valence-corrected chi connectivity index (χ1v) is 6.75. The maximum Gasteiger partial charge on any atom is 0.221 e. The number of rotatable bonds is 1. The third-order valence-electron chi connectivity index (χ3n) is 3.56. The van der Waals surface area contributed by atoms with Crippen molar-refractivity contribution in [2.75, 3.05) is 0 Å². The predicted octanol–water partition coefficient (Wildman–Crippen LogP) is 2.46. The molecule has 6 heteroatoms. The van der Waals surface area contributed by atoms with Crippen LogP contribution >= 0.6 is 0 Å². The molecule has 0 fully saturated rings. The van der Waals surface area contributed by atoms with E-state index < -0.39 is 0 Å². The molecule has 0 atom stereocenters. The molecule has 22 heavy (non-hydrogen) atoms. The van der Waals surface area contributed by atoms with E-state index in [1.807, 2.05) is 54.6 Å². The molecule has 2 heterocycles. The molecule has 0 aliphatic rings. The molecular weight excluding hydrogens is 278 g/mol. The van der Waals surface area contributed by atoms with Crippen molar-refractivity contribution in [3.63, 3.8) is 0 Å². The van der Waals surface area contributed by atoms with Gasteiger partial charge in [-0.2, -0.15) is 15.4 Å². The lowest BCUT2D eigenvalue weighted by Crippen LogP contribution is -2.06. The van der Waals surface area contributed by atoms with Crippen LogP contribution in [-0.4, -0.2) is 25.6 Å². The van der Waals surface area contributed by atoms with E-state index in [1.54, 1.807) is 0 Å². The second kappa shape index (κ2) is 4.92. The first-order chi connectivity index (χ1) is 10.9. The second-order valence-corrected chi connectivity index (χ2v) is 4.82. The van der Waals surface area contributed by atoms with Crippen LogP contribution in [-0.2, 0) is 0 Å². The van der Waals surface area contributed by atoms with Gasteiger partial charge in [-0.1, -0.05) is 59.8 Å². The Labute approximate surface area is 124 Å². The number of nitrogens with zero attached hydrogens (tertiary/aromatic N) is 4. The molecule has 0 aliphatic heterocycles. The summed E-state index contributed by atoms with van der Waals surface area (Å²) >= 11 is 0. The number of H-pyrrole nitrogens is 1. The average Bonchev–Trinajstić information content (AvgIpc) is 3.02. The Bertz CT molecular complexity index is 1040. The highest BCUT2D eigenvalue weighted by atomic mass is 16.4. The van der Waals surface area contributed by atoms with Crippen molar-refractivity contribution in [3.8, 4) is 11.3 Å². The average molecular weight is 289 g/mol. The Hall–Kier alpha value is -3.28. The molecule has 0 aliphatic carbocycles. The number of hydrogen-bond donors (Lipinski definition) is 2. The van der Waals surface area contributed by atoms with Gasteiger partial charge in [0, 0.05) is 16.3 Å². The Balaban J connectivity index is 2.30. The van der Waals surface area contributed by atoms with Gasteiger partial charge in [0.25, 0.3) is 0 Å². The summed E-state index contributed by atoms with van der Waals surface area (Å²) in [5, 5.41) is 25.2. The van der Waals surface area contributed by atoms with Gasteiger partial charge in [-0.05, 0) is 0 Å². The monoisotopic (exact) mass is 289 g/mol. The van der Waals surface area contributed by atoms with Gasteiger partial charge >= 0.3 is 0 Å². The normalized spacial score (nSPS) is 12.1. The van der Waals surface area contributed by atoms with Crippen molar-refractivity contribution in [1.82, 2.24) is 20.4 Å². The van der Waals surface area contributed by atoms with Crippen molar-refractivity contribution in [1.29, 1.82) is 0 Å². The van der Waals surface area contributed by atoms with Gasteiger partial charge in [-0.25, -0.2) is 4.98 Å². The first kappa shape index (κ1) is 12.5. The molecule has 0 radical (unpaired) electrons. The van der Waals surface area contributed by atoms with Gasteiger partial charge in [0.2, 0.25) is 5.49 Å². The number of benzene rings is 2. The van der Waals surface area contributed by atoms with E-state index in [2.05, 4.69) is 25.6 Å². The number of fused-ring (bicyclic) bond motifs is 3. The third-order valence-corrected chi connectivity index (χ3v) is 3.56. The standard InChI is InChI=1S/C16H11N5O/c22-20-16-15-14(18-21-19-15)12-9-5-4-8-11(12)13(17-16)10-6-2-1-3-7-10/h1-9,22H,(H,18,19,21). The lowest BCUT2D eigenvalue weighted by atomic mass is 10.1. The summed E-state index contributed by atoms with van der Waals surface area (Å²) < 4.78 is 0. The molecule has 0 bridgehead atoms. The molecule has 0 saturated carbocycles. The van der Waals surface area contributed by atoms with Crippen molar-refractivity contribution in [2.24, 2.45) is 5.16 Å². The molecule has 4 aromatic rings. The highest BCUT2D eigenvalue weighted by Gasteiger charge is 2.11. The maximum absolute atomic E-state index is 9.32. The number of hydrogen-bond acceptors (Lipinski definition) is 5. The minimum Gasteiger partial charge on any atom is -0.409 e. The molecule has 4 rings (SSSR count). The molecule has 2 aromatic carbocycles. The Morgan fingerprint density at radius 3 is 2.27 bits per heavy atom. The first-order valence-electron chi connectivity index (χ1n) is 6.75. The fourth-order valence-electron chi connectivity index (χ4n) is 2.58. The number of aromatic amines is 1. The topological polar surface area (TPSA) is 87.0 Å². The lowest BCUT2D eigenvalue weighted by Gasteiger charge is -2.01. The minimum absolute atomic E-state index is 0.138. The highest BCUT2D eigenvalue weighted by molar-refractivity contribution is 6.06. The summed E-state index contributed by atoms with van der Waals surface area (Å²) in [6.45, 7) is 0. The van der Waals surface area contributed by atoms with Crippen LogP contribution in [0.3, 0.4) is 0 Å². The number of nitrogens with one attached hydrogen (secondary N) is 1. The molecule has 0 amide bonds. The molecule has 0 unspecified atom stereocenters. The summed E-state index contributed by atoms with van der Waals surface area (Å²) in [6.07, 6.45) is 0. The minimum atomic E-state index is 0.138. The van der Waals surface area contributed by atoms with E-state index in [-0.39, 0.29) is 5.49 Å². The van der Waals surface area contributed by atoms with Crippen LogP contribution in [0.15, 0.2) is 59.8 Å². The van der Waals surface area contributed by atoms with Crippen LogP contribution in [0.4, 0.5) is 0 Å². The smallest absolute Gasteiger partial charge is 0.221 e. The predicted molar refractivity (Wildman–Crippen MR) is 82.0 cm³/mol. The van der Waals surface area contributed by atoms with Crippen LogP contribution in [0.5, 0.6) is 0 Å². The zero-order chi connectivity index (χ0) is 14.9. The van der Waals surface area contributed by atoms with Gasteiger partial charge in [0.05, 0.1) is 5.69 Å². The van der Waals surface area contributed by atoms with E-state index in [0.29, 0.717) is 11.0 Å². The summed E-state index contributed by atoms with van der Waals surface area (Å²) in [5.74, 6) is 0. The van der Waals surface area contributed by atoms with Crippen LogP contribution in [0.2, 0.25) is 0 Å². The zero-order valence-electron chi connectivity index (χ0n) is 11.4. The summed E-state index contributed by atoms with van der Waals surface area (Å²) in [6, 6.07) is 17.6. The van der Waals surface area contributed by atoms with E-state index in [0.717, 1.165) is 22.0 Å². The van der Waals surface area contributed by atoms with Crippen LogP contribution in [0, 0.1) is 0 Å². The fraction of sp³-hybridized carbons (Fsp3) is 0. The van der Waals surface area contributed by atoms with Gasteiger partial charge in [-0.3, -0.25) is 0 Å². The van der Waals surface area contributed by atoms with Crippen molar-refractivity contribution < 1.29 is 5.21 Å². The molecule has 6 nitrogen and oxygen atoms in total. The van der Waals surface area contributed by atoms with Crippen molar-refractivity contribution >= 4 is 21.8 Å². The second-order valence-electron chi connectivity index (χ2n) is 4.82. The van der Waals surface area contributed by atoms with Crippen molar-refractivity contribution in [3.05, 3.63) is 60.1 Å². The zero-order valence-corrected chi connectivity index (χ0v) is 11.4. The van der Waals surface area contributed by atoms with E-state index in [1.165, 1.54) is 0 Å².